The summed E-state index contributed by atoms with van der Waals surface area (Å²) in [6, 6.07) is 9.69. The number of amides is 1. The average Bonchev–Trinajstić information content (AvgIpc) is 2.25. The number of primary amides is 1. The zero-order valence-electron chi connectivity index (χ0n) is 8.69. The molecule has 1 aromatic rings. The van der Waals surface area contributed by atoms with Gasteiger partial charge in [-0.25, -0.2) is 0 Å². The Morgan fingerprint density at radius 3 is 2.60 bits per heavy atom. The summed E-state index contributed by atoms with van der Waals surface area (Å²) in [7, 11) is 0. The molecule has 1 unspecified atom stereocenters. The maximum absolute atomic E-state index is 11.0. The number of carbonyl (C=O) groups is 1. The lowest BCUT2D eigenvalue weighted by Crippen LogP contribution is -2.30. The van der Waals surface area contributed by atoms with Gasteiger partial charge in [0.1, 0.15) is 6.10 Å². The summed E-state index contributed by atoms with van der Waals surface area (Å²) in [5.74, 6) is -0.422. The van der Waals surface area contributed by atoms with Crippen LogP contribution in [-0.2, 0) is 16.1 Å². The van der Waals surface area contributed by atoms with Crippen LogP contribution >= 0.6 is 0 Å². The molecule has 0 aliphatic rings. The van der Waals surface area contributed by atoms with Crippen molar-refractivity contribution in [2.24, 2.45) is 5.73 Å². The molecule has 1 atom stereocenters. The molecule has 15 heavy (non-hydrogen) atoms. The minimum absolute atomic E-state index is 0.411. The second kappa shape index (κ2) is 6.19. The van der Waals surface area contributed by atoms with Crippen LogP contribution in [0.5, 0.6) is 0 Å². The summed E-state index contributed by atoms with van der Waals surface area (Å²) in [6.07, 6.45) is 0.688. The molecule has 0 aromatic heterocycles. The molecule has 1 radical (unpaired) electrons. The number of hydrogen-bond donors (Lipinski definition) is 1. The lowest BCUT2D eigenvalue weighted by Gasteiger charge is -2.13. The molecule has 0 heterocycles. The maximum atomic E-state index is 11.0. The van der Waals surface area contributed by atoms with E-state index in [0.29, 0.717) is 19.4 Å². The summed E-state index contributed by atoms with van der Waals surface area (Å²) in [4.78, 5) is 11.0. The van der Waals surface area contributed by atoms with Crippen molar-refractivity contribution in [1.29, 1.82) is 0 Å². The van der Waals surface area contributed by atoms with Crippen molar-refractivity contribution in [3.63, 3.8) is 0 Å². The first-order valence-electron chi connectivity index (χ1n) is 4.98. The lowest BCUT2D eigenvalue weighted by molar-refractivity contribution is -0.130. The third-order valence-corrected chi connectivity index (χ3v) is 2.08. The normalized spacial score (nSPS) is 12.3. The Bertz CT molecular complexity index is 298. The highest BCUT2D eigenvalue weighted by atomic mass is 16.5. The first kappa shape index (κ1) is 11.7. The number of carbonyl (C=O) groups excluding carboxylic acids is 1. The Morgan fingerprint density at radius 1 is 1.40 bits per heavy atom. The molecule has 3 heteroatoms. The van der Waals surface area contributed by atoms with Crippen LogP contribution in [0.15, 0.2) is 30.3 Å². The zero-order valence-corrected chi connectivity index (χ0v) is 8.69. The average molecular weight is 206 g/mol. The molecule has 0 aliphatic carbocycles. The van der Waals surface area contributed by atoms with E-state index in [1.165, 1.54) is 0 Å². The quantitative estimate of drug-likeness (QED) is 0.769. The number of benzene rings is 1. The fourth-order valence-corrected chi connectivity index (χ4v) is 1.26. The molecule has 0 saturated carbocycles. The maximum Gasteiger partial charge on any atom is 0.246 e. The first-order chi connectivity index (χ1) is 7.24. The molecule has 81 valence electrons. The van der Waals surface area contributed by atoms with Crippen LogP contribution in [0.25, 0.3) is 0 Å². The highest BCUT2D eigenvalue weighted by Gasteiger charge is 2.14. The Hall–Kier alpha value is -1.35. The van der Waals surface area contributed by atoms with Gasteiger partial charge in [-0.05, 0) is 12.0 Å². The van der Waals surface area contributed by atoms with Crippen LogP contribution in [0.3, 0.4) is 0 Å². The van der Waals surface area contributed by atoms with E-state index >= 15 is 0 Å². The van der Waals surface area contributed by atoms with Gasteiger partial charge >= 0.3 is 0 Å². The monoisotopic (exact) mass is 206 g/mol. The molecular weight excluding hydrogens is 190 g/mol. The van der Waals surface area contributed by atoms with Crippen molar-refractivity contribution in [3.05, 3.63) is 42.8 Å². The Morgan fingerprint density at radius 2 is 2.07 bits per heavy atom. The van der Waals surface area contributed by atoms with E-state index in [-0.39, 0.29) is 0 Å². The molecule has 0 saturated heterocycles. The Kier molecular flexibility index (Phi) is 4.84. The molecule has 1 amide bonds. The minimum atomic E-state index is -0.525. The summed E-state index contributed by atoms with van der Waals surface area (Å²) in [5, 5.41) is 0. The van der Waals surface area contributed by atoms with Gasteiger partial charge in [-0.2, -0.15) is 0 Å². The van der Waals surface area contributed by atoms with E-state index in [0.717, 1.165) is 5.56 Å². The molecule has 0 fully saturated rings. The van der Waals surface area contributed by atoms with E-state index < -0.39 is 12.0 Å². The molecule has 0 aliphatic heterocycles. The Labute approximate surface area is 90.2 Å². The SMILES string of the molecule is [CH2]CCC(OCc1ccccc1)C(N)=O. The van der Waals surface area contributed by atoms with Crippen LogP contribution in [-0.4, -0.2) is 12.0 Å². The second-order valence-corrected chi connectivity index (χ2v) is 3.33. The smallest absolute Gasteiger partial charge is 0.246 e. The zero-order chi connectivity index (χ0) is 11.1. The molecule has 2 N–H and O–H groups in total. The van der Waals surface area contributed by atoms with Gasteiger partial charge in [0.2, 0.25) is 5.91 Å². The molecule has 1 aromatic carbocycles. The van der Waals surface area contributed by atoms with E-state index in [2.05, 4.69) is 6.92 Å². The van der Waals surface area contributed by atoms with E-state index in [1.54, 1.807) is 0 Å². The van der Waals surface area contributed by atoms with Gasteiger partial charge in [0.15, 0.2) is 0 Å². The van der Waals surface area contributed by atoms with Crippen molar-refractivity contribution >= 4 is 5.91 Å². The van der Waals surface area contributed by atoms with Crippen LogP contribution < -0.4 is 5.73 Å². The van der Waals surface area contributed by atoms with Crippen molar-refractivity contribution in [1.82, 2.24) is 0 Å². The van der Waals surface area contributed by atoms with Gasteiger partial charge in [0, 0.05) is 0 Å². The van der Waals surface area contributed by atoms with Gasteiger partial charge in [-0.15, -0.1) is 0 Å². The predicted octanol–water partition coefficient (Wildman–Crippen LogP) is 1.67. The summed E-state index contributed by atoms with van der Waals surface area (Å²) in [5.41, 5.74) is 6.23. The molecule has 0 bridgehead atoms. The summed E-state index contributed by atoms with van der Waals surface area (Å²) in [6.45, 7) is 4.09. The summed E-state index contributed by atoms with van der Waals surface area (Å²) < 4.78 is 5.42. The number of nitrogens with two attached hydrogens (primary N) is 1. The molecule has 3 nitrogen and oxygen atoms in total. The fourth-order valence-electron chi connectivity index (χ4n) is 1.26. The molecule has 0 spiro atoms. The van der Waals surface area contributed by atoms with Crippen LogP contribution in [0, 0.1) is 6.92 Å². The number of rotatable bonds is 6. The number of ether oxygens (including phenoxy) is 1. The molecule has 1 rings (SSSR count). The van der Waals surface area contributed by atoms with Crippen LogP contribution in [0.4, 0.5) is 0 Å². The molecular formula is C12H16NO2. The highest BCUT2D eigenvalue weighted by molar-refractivity contribution is 5.78. The first-order valence-corrected chi connectivity index (χ1v) is 4.98. The number of hydrogen-bond acceptors (Lipinski definition) is 2. The summed E-state index contributed by atoms with van der Waals surface area (Å²) >= 11 is 0. The largest absolute Gasteiger partial charge is 0.367 e. The van der Waals surface area contributed by atoms with Gasteiger partial charge in [0.05, 0.1) is 6.61 Å². The van der Waals surface area contributed by atoms with Gasteiger partial charge in [-0.3, -0.25) is 4.79 Å². The Balaban J connectivity index is 2.43. The standard InChI is InChI=1S/C12H16NO2/c1-2-6-11(12(13)14)15-9-10-7-4-3-5-8-10/h3-5,7-8,11H,1-2,6,9H2,(H2,13,14). The van der Waals surface area contributed by atoms with Gasteiger partial charge in [0.25, 0.3) is 0 Å². The van der Waals surface area contributed by atoms with E-state index in [9.17, 15) is 4.79 Å². The van der Waals surface area contributed by atoms with Crippen LogP contribution in [0.1, 0.15) is 18.4 Å². The minimum Gasteiger partial charge on any atom is -0.367 e. The van der Waals surface area contributed by atoms with Crippen molar-refractivity contribution in [2.75, 3.05) is 0 Å². The van der Waals surface area contributed by atoms with Crippen molar-refractivity contribution in [2.45, 2.75) is 25.6 Å². The van der Waals surface area contributed by atoms with Crippen molar-refractivity contribution < 1.29 is 9.53 Å². The lowest BCUT2D eigenvalue weighted by atomic mass is 10.2. The third-order valence-electron chi connectivity index (χ3n) is 2.08. The topological polar surface area (TPSA) is 52.3 Å². The fraction of sp³-hybridized carbons (Fsp3) is 0.333. The predicted molar refractivity (Wildman–Crippen MR) is 58.8 cm³/mol. The highest BCUT2D eigenvalue weighted by Crippen LogP contribution is 2.07. The van der Waals surface area contributed by atoms with Gasteiger partial charge < -0.3 is 10.5 Å². The second-order valence-electron chi connectivity index (χ2n) is 3.33. The van der Waals surface area contributed by atoms with E-state index in [4.69, 9.17) is 10.5 Å². The van der Waals surface area contributed by atoms with Gasteiger partial charge in [-0.1, -0.05) is 43.7 Å². The van der Waals surface area contributed by atoms with Crippen LogP contribution in [0.2, 0.25) is 0 Å². The van der Waals surface area contributed by atoms with E-state index in [1.807, 2.05) is 30.3 Å². The van der Waals surface area contributed by atoms with Crippen molar-refractivity contribution in [3.8, 4) is 0 Å². The third kappa shape index (κ3) is 4.13.